The molecule has 4 aromatic rings. The fourth-order valence-electron chi connectivity index (χ4n) is 6.96. The lowest BCUT2D eigenvalue weighted by Gasteiger charge is -2.56. The van der Waals surface area contributed by atoms with Gasteiger partial charge in [-0.15, -0.1) is 0 Å². The molecule has 1 atom stereocenters. The van der Waals surface area contributed by atoms with Crippen LogP contribution >= 0.6 is 15.9 Å². The Morgan fingerprint density at radius 3 is 2.41 bits per heavy atom. The van der Waals surface area contributed by atoms with Crippen molar-refractivity contribution in [2.24, 2.45) is 12.5 Å². The number of rotatable bonds is 5. The number of nitrogens with one attached hydrogen (secondary N) is 1. The van der Waals surface area contributed by atoms with E-state index >= 15 is 0 Å². The highest BCUT2D eigenvalue weighted by Gasteiger charge is 2.59. The van der Waals surface area contributed by atoms with Crippen molar-refractivity contribution in [3.63, 3.8) is 0 Å². The topological polar surface area (TPSA) is 97.1 Å². The summed E-state index contributed by atoms with van der Waals surface area (Å²) in [6.45, 7) is 3.90. The summed E-state index contributed by atoms with van der Waals surface area (Å²) in [6.07, 6.45) is 2.80. The van der Waals surface area contributed by atoms with Gasteiger partial charge in [-0.3, -0.25) is 14.3 Å². The molecule has 2 aromatic heterocycles. The quantitative estimate of drug-likeness (QED) is 0.285. The Labute approximate surface area is 235 Å². The Bertz CT molecular complexity index is 1620. The number of carbonyl (C=O) groups is 2. The smallest absolute Gasteiger partial charge is 0.309 e. The summed E-state index contributed by atoms with van der Waals surface area (Å²) in [4.78, 5) is 31.8. The summed E-state index contributed by atoms with van der Waals surface area (Å²) in [5, 5.41) is 19.0. The van der Waals surface area contributed by atoms with Gasteiger partial charge in [-0.1, -0.05) is 46.3 Å². The van der Waals surface area contributed by atoms with Crippen molar-refractivity contribution < 1.29 is 14.7 Å². The van der Waals surface area contributed by atoms with Gasteiger partial charge in [-0.2, -0.15) is 5.10 Å². The van der Waals surface area contributed by atoms with Gasteiger partial charge < -0.3 is 10.4 Å². The fraction of sp³-hybridized carbons (Fsp3) is 0.355. The zero-order valence-electron chi connectivity index (χ0n) is 22.3. The van der Waals surface area contributed by atoms with Gasteiger partial charge in [0.1, 0.15) is 0 Å². The molecule has 39 heavy (non-hydrogen) atoms. The van der Waals surface area contributed by atoms with Gasteiger partial charge in [0.2, 0.25) is 0 Å². The predicted molar refractivity (Wildman–Crippen MR) is 154 cm³/mol. The van der Waals surface area contributed by atoms with E-state index in [1.54, 1.807) is 0 Å². The Hall–Kier alpha value is -3.52. The maximum atomic E-state index is 14.4. The summed E-state index contributed by atoms with van der Waals surface area (Å²) >= 11 is 3.58. The van der Waals surface area contributed by atoms with Crippen LogP contribution in [0, 0.1) is 19.3 Å². The Morgan fingerprint density at radius 1 is 1.05 bits per heavy atom. The maximum Gasteiger partial charge on any atom is 0.309 e. The molecule has 8 heteroatoms. The van der Waals surface area contributed by atoms with Gasteiger partial charge in [0.15, 0.2) is 0 Å². The number of amides is 1. The number of carbonyl (C=O) groups excluding carboxylic acids is 1. The average molecular weight is 588 g/mol. The molecule has 2 N–H and O–H groups in total. The monoisotopic (exact) mass is 586 g/mol. The van der Waals surface area contributed by atoms with Gasteiger partial charge in [0.25, 0.3) is 5.91 Å². The number of aromatic nitrogens is 3. The number of carboxylic acids is 1. The van der Waals surface area contributed by atoms with Crippen LogP contribution in [0.25, 0.3) is 22.2 Å². The zero-order valence-corrected chi connectivity index (χ0v) is 23.9. The first-order valence-corrected chi connectivity index (χ1v) is 14.1. The minimum Gasteiger partial charge on any atom is -0.481 e. The lowest BCUT2D eigenvalue weighted by Crippen LogP contribution is -2.62. The van der Waals surface area contributed by atoms with Gasteiger partial charge in [-0.25, -0.2) is 4.98 Å². The molecule has 3 aliphatic carbocycles. The van der Waals surface area contributed by atoms with E-state index in [2.05, 4.69) is 26.3 Å². The van der Waals surface area contributed by atoms with Crippen molar-refractivity contribution in [3.05, 3.63) is 81.6 Å². The molecule has 1 unspecified atom stereocenters. The van der Waals surface area contributed by atoms with Crippen molar-refractivity contribution in [2.45, 2.75) is 57.4 Å². The number of hydrogen-bond donors (Lipinski definition) is 2. The highest BCUT2D eigenvalue weighted by atomic mass is 79.9. The van der Waals surface area contributed by atoms with Gasteiger partial charge >= 0.3 is 5.97 Å². The highest BCUT2D eigenvalue weighted by molar-refractivity contribution is 9.10. The first-order valence-electron chi connectivity index (χ1n) is 13.3. The van der Waals surface area contributed by atoms with Crippen LogP contribution < -0.4 is 5.32 Å². The van der Waals surface area contributed by atoms with Crippen molar-refractivity contribution in [2.75, 3.05) is 0 Å². The molecule has 0 spiro atoms. The molecule has 0 saturated heterocycles. The Morgan fingerprint density at radius 2 is 1.77 bits per heavy atom. The first kappa shape index (κ1) is 25.7. The zero-order chi connectivity index (χ0) is 27.5. The number of benzene rings is 2. The van der Waals surface area contributed by atoms with E-state index in [9.17, 15) is 14.7 Å². The molecule has 0 radical (unpaired) electrons. The highest BCUT2D eigenvalue weighted by Crippen LogP contribution is 2.59. The second-order valence-electron chi connectivity index (χ2n) is 11.3. The number of carboxylic acid groups (broad SMARTS) is 1. The third kappa shape index (κ3) is 4.16. The standard InChI is InChI=1S/C31H31BrN4O3/c1-18-15-25(36(3)35-18)23-17-30(29(38)39)11-13-31(23,14-12-30)34-28(37)26-19(2)27(20-7-5-4-6-8-20)33-24-10-9-21(32)16-22(24)26/h4-10,15-16,23H,11-14,17H2,1-3H3,(H,34,37)(H,38,39). The maximum absolute atomic E-state index is 14.4. The second-order valence-corrected chi connectivity index (χ2v) is 12.2. The van der Waals surface area contributed by atoms with Crippen LogP contribution in [0.2, 0.25) is 0 Å². The molecule has 1 amide bonds. The summed E-state index contributed by atoms with van der Waals surface area (Å²) in [6, 6.07) is 17.8. The minimum atomic E-state index is -0.764. The number of nitrogens with zero attached hydrogens (tertiary/aromatic N) is 3. The van der Waals surface area contributed by atoms with Gasteiger partial charge in [0, 0.05) is 39.6 Å². The van der Waals surface area contributed by atoms with Crippen LogP contribution in [-0.4, -0.2) is 37.3 Å². The molecule has 2 heterocycles. The van der Waals surface area contributed by atoms with E-state index in [1.165, 1.54) is 0 Å². The Kier molecular flexibility index (Phi) is 6.14. The molecular weight excluding hydrogens is 556 g/mol. The lowest BCUT2D eigenvalue weighted by molar-refractivity contribution is -0.157. The molecule has 7 rings (SSSR count). The van der Waals surface area contributed by atoms with Crippen LogP contribution in [-0.2, 0) is 11.8 Å². The number of pyridine rings is 1. The van der Waals surface area contributed by atoms with Crippen molar-refractivity contribution in [1.82, 2.24) is 20.1 Å². The van der Waals surface area contributed by atoms with E-state index in [4.69, 9.17) is 4.98 Å². The van der Waals surface area contributed by atoms with E-state index in [0.29, 0.717) is 37.7 Å². The van der Waals surface area contributed by atoms with Crippen molar-refractivity contribution in [1.29, 1.82) is 0 Å². The van der Waals surface area contributed by atoms with Crippen molar-refractivity contribution in [3.8, 4) is 11.3 Å². The molecular formula is C31H31BrN4O3. The fourth-order valence-corrected chi connectivity index (χ4v) is 7.32. The van der Waals surface area contributed by atoms with E-state index < -0.39 is 16.9 Å². The molecule has 7 nitrogen and oxygen atoms in total. The average Bonchev–Trinajstić information content (AvgIpc) is 3.26. The van der Waals surface area contributed by atoms with Crippen LogP contribution in [0.4, 0.5) is 0 Å². The number of aliphatic carboxylic acids is 1. The predicted octanol–water partition coefficient (Wildman–Crippen LogP) is 6.32. The summed E-state index contributed by atoms with van der Waals surface area (Å²) in [5.41, 5.74) is 4.45. The molecule has 3 fully saturated rings. The minimum absolute atomic E-state index is 0.149. The third-order valence-electron chi connectivity index (χ3n) is 9.04. The largest absolute Gasteiger partial charge is 0.481 e. The molecule has 200 valence electrons. The van der Waals surface area contributed by atoms with Crippen molar-refractivity contribution >= 4 is 38.7 Å². The molecule has 3 saturated carbocycles. The van der Waals surface area contributed by atoms with Crippen LogP contribution in [0.15, 0.2) is 59.1 Å². The third-order valence-corrected chi connectivity index (χ3v) is 9.53. The van der Waals surface area contributed by atoms with Gasteiger partial charge in [0.05, 0.1) is 27.9 Å². The summed E-state index contributed by atoms with van der Waals surface area (Å²) < 4.78 is 2.72. The molecule has 2 aromatic carbocycles. The summed E-state index contributed by atoms with van der Waals surface area (Å²) in [7, 11) is 1.90. The second kappa shape index (κ2) is 9.30. The molecule has 0 aliphatic heterocycles. The number of fused-ring (bicyclic) bond motifs is 4. The first-order chi connectivity index (χ1) is 18.6. The van der Waals surface area contributed by atoms with E-state index in [0.717, 1.165) is 43.6 Å². The lowest BCUT2D eigenvalue weighted by atomic mass is 9.52. The SMILES string of the molecule is Cc1cc(C2CC3(C(=O)O)CCC2(NC(=O)c2c(C)c(-c4ccccc4)nc4ccc(Br)cc24)CC3)n(C)n1. The van der Waals surface area contributed by atoms with E-state index in [-0.39, 0.29) is 11.8 Å². The van der Waals surface area contributed by atoms with Gasteiger partial charge in [-0.05, 0) is 75.8 Å². The number of hydrogen-bond acceptors (Lipinski definition) is 4. The molecule has 3 aliphatic rings. The normalized spacial score (nSPS) is 24.2. The Balaban J connectivity index is 1.48. The molecule has 2 bridgehead atoms. The number of aryl methyl sites for hydroxylation is 2. The van der Waals surface area contributed by atoms with Crippen LogP contribution in [0.3, 0.4) is 0 Å². The van der Waals surface area contributed by atoms with Crippen LogP contribution in [0.1, 0.15) is 65.3 Å². The summed E-state index contributed by atoms with van der Waals surface area (Å²) in [5.74, 6) is -1.04. The number of halogens is 1. The van der Waals surface area contributed by atoms with Crippen LogP contribution in [0.5, 0.6) is 0 Å². The van der Waals surface area contributed by atoms with E-state index in [1.807, 2.05) is 80.2 Å².